The van der Waals surface area contributed by atoms with Crippen LogP contribution >= 0.6 is 11.3 Å². The summed E-state index contributed by atoms with van der Waals surface area (Å²) in [4.78, 5) is 32.6. The molecule has 5 nitrogen and oxygen atoms in total. The Morgan fingerprint density at radius 3 is 2.33 bits per heavy atom. The molecule has 0 radical (unpaired) electrons. The van der Waals surface area contributed by atoms with Crippen LogP contribution in [0.1, 0.15) is 63.4 Å². The van der Waals surface area contributed by atoms with Gasteiger partial charge in [0.05, 0.1) is 5.69 Å². The summed E-state index contributed by atoms with van der Waals surface area (Å²) in [7, 11) is 0. The zero-order valence-corrected chi connectivity index (χ0v) is 16.3. The van der Waals surface area contributed by atoms with Gasteiger partial charge in [-0.05, 0) is 26.7 Å². The van der Waals surface area contributed by atoms with Crippen LogP contribution in [-0.4, -0.2) is 34.3 Å². The minimum atomic E-state index is -0.480. The van der Waals surface area contributed by atoms with Gasteiger partial charge in [-0.25, -0.2) is 4.98 Å². The highest BCUT2D eigenvalue weighted by molar-refractivity contribution is 7.15. The van der Waals surface area contributed by atoms with Gasteiger partial charge in [-0.1, -0.05) is 40.0 Å². The molecule has 1 N–H and O–H groups in total. The number of rotatable bonds is 4. The standard InChI is InChI=1S/C18H29N3O2S/c1-12-13(2)24-17(19-12)20-15(22)11-21(16(23)18(3,4)5)14-9-7-6-8-10-14/h14H,6-11H2,1-5H3,(H,19,20,22). The molecule has 1 fully saturated rings. The van der Waals surface area contributed by atoms with Crippen molar-refractivity contribution in [2.45, 2.75) is 72.8 Å². The smallest absolute Gasteiger partial charge is 0.245 e. The molecule has 0 spiro atoms. The predicted molar refractivity (Wildman–Crippen MR) is 98.3 cm³/mol. The molecule has 1 aromatic rings. The van der Waals surface area contributed by atoms with Gasteiger partial charge >= 0.3 is 0 Å². The topological polar surface area (TPSA) is 62.3 Å². The molecule has 0 atom stereocenters. The zero-order chi connectivity index (χ0) is 17.9. The molecule has 1 aliphatic carbocycles. The molecular weight excluding hydrogens is 322 g/mol. The van der Waals surface area contributed by atoms with Crippen LogP contribution in [0.3, 0.4) is 0 Å². The molecule has 1 aromatic heterocycles. The van der Waals surface area contributed by atoms with E-state index < -0.39 is 5.41 Å². The lowest BCUT2D eigenvalue weighted by Gasteiger charge is -2.37. The third kappa shape index (κ3) is 4.79. The monoisotopic (exact) mass is 351 g/mol. The molecule has 1 saturated carbocycles. The molecule has 134 valence electrons. The number of aromatic nitrogens is 1. The Labute approximate surface area is 148 Å². The van der Waals surface area contributed by atoms with Gasteiger partial charge in [-0.3, -0.25) is 9.59 Å². The van der Waals surface area contributed by atoms with Crippen molar-refractivity contribution in [1.29, 1.82) is 0 Å². The number of hydrogen-bond donors (Lipinski definition) is 1. The van der Waals surface area contributed by atoms with E-state index in [0.717, 1.165) is 36.3 Å². The lowest BCUT2D eigenvalue weighted by atomic mass is 9.89. The second-order valence-corrected chi connectivity index (χ2v) is 8.89. The van der Waals surface area contributed by atoms with Gasteiger partial charge in [0.2, 0.25) is 11.8 Å². The van der Waals surface area contributed by atoms with Crippen molar-refractivity contribution >= 4 is 28.3 Å². The minimum Gasteiger partial charge on any atom is -0.330 e. The Kier molecular flexibility index (Phi) is 6.01. The van der Waals surface area contributed by atoms with Crippen molar-refractivity contribution in [1.82, 2.24) is 9.88 Å². The summed E-state index contributed by atoms with van der Waals surface area (Å²) < 4.78 is 0. The zero-order valence-electron chi connectivity index (χ0n) is 15.4. The quantitative estimate of drug-likeness (QED) is 0.895. The van der Waals surface area contributed by atoms with E-state index in [4.69, 9.17) is 0 Å². The fourth-order valence-corrected chi connectivity index (χ4v) is 3.86. The minimum absolute atomic E-state index is 0.0519. The van der Waals surface area contributed by atoms with Crippen molar-refractivity contribution in [2.75, 3.05) is 11.9 Å². The van der Waals surface area contributed by atoms with Crippen molar-refractivity contribution in [3.63, 3.8) is 0 Å². The number of hydrogen-bond acceptors (Lipinski definition) is 4. The molecule has 1 heterocycles. The maximum absolute atomic E-state index is 12.8. The average molecular weight is 352 g/mol. The first-order chi connectivity index (χ1) is 11.2. The van der Waals surface area contributed by atoms with E-state index in [2.05, 4.69) is 10.3 Å². The van der Waals surface area contributed by atoms with Crippen LogP contribution in [0.25, 0.3) is 0 Å². The van der Waals surface area contributed by atoms with E-state index >= 15 is 0 Å². The highest BCUT2D eigenvalue weighted by Crippen LogP contribution is 2.27. The average Bonchev–Trinajstić information content (AvgIpc) is 2.82. The van der Waals surface area contributed by atoms with Crippen LogP contribution in [-0.2, 0) is 9.59 Å². The number of carbonyl (C=O) groups is 2. The van der Waals surface area contributed by atoms with Gasteiger partial charge in [0.25, 0.3) is 0 Å². The van der Waals surface area contributed by atoms with E-state index in [1.54, 1.807) is 4.90 Å². The molecule has 0 bridgehead atoms. The Hall–Kier alpha value is -1.43. The van der Waals surface area contributed by atoms with Gasteiger partial charge in [-0.2, -0.15) is 0 Å². The first kappa shape index (κ1) is 18.9. The summed E-state index contributed by atoms with van der Waals surface area (Å²) in [5.41, 5.74) is 0.455. The largest absolute Gasteiger partial charge is 0.330 e. The molecule has 6 heteroatoms. The summed E-state index contributed by atoms with van der Waals surface area (Å²) in [6.07, 6.45) is 5.46. The lowest BCUT2D eigenvalue weighted by molar-refractivity contribution is -0.145. The third-order valence-electron chi connectivity index (χ3n) is 4.51. The Morgan fingerprint density at radius 1 is 1.21 bits per heavy atom. The number of anilines is 1. The Balaban J connectivity index is 2.08. The van der Waals surface area contributed by atoms with Gasteiger partial charge in [0.15, 0.2) is 5.13 Å². The SMILES string of the molecule is Cc1nc(NC(=O)CN(C(=O)C(C)(C)C)C2CCCCC2)sc1C. The first-order valence-electron chi connectivity index (χ1n) is 8.73. The number of thiazole rings is 1. The first-order valence-corrected chi connectivity index (χ1v) is 9.55. The number of nitrogens with one attached hydrogen (secondary N) is 1. The summed E-state index contributed by atoms with van der Waals surface area (Å²) in [6, 6.07) is 0.177. The molecule has 24 heavy (non-hydrogen) atoms. The molecule has 0 aliphatic heterocycles. The number of amides is 2. The second kappa shape index (κ2) is 7.64. The van der Waals surface area contributed by atoms with Crippen LogP contribution in [0, 0.1) is 19.3 Å². The highest BCUT2D eigenvalue weighted by Gasteiger charge is 2.33. The van der Waals surface area contributed by atoms with E-state index in [9.17, 15) is 9.59 Å². The van der Waals surface area contributed by atoms with Crippen LogP contribution in [0.5, 0.6) is 0 Å². The van der Waals surface area contributed by atoms with E-state index in [1.807, 2.05) is 34.6 Å². The third-order valence-corrected chi connectivity index (χ3v) is 5.50. The van der Waals surface area contributed by atoms with Gasteiger partial charge < -0.3 is 10.2 Å². The summed E-state index contributed by atoms with van der Waals surface area (Å²) in [5.74, 6) is -0.108. The second-order valence-electron chi connectivity index (χ2n) is 7.68. The predicted octanol–water partition coefficient (Wildman–Crippen LogP) is 3.91. The van der Waals surface area contributed by atoms with Crippen LogP contribution < -0.4 is 5.32 Å². The molecule has 0 saturated heterocycles. The number of carbonyl (C=O) groups excluding carboxylic acids is 2. The number of aryl methyl sites for hydroxylation is 2. The van der Waals surface area contributed by atoms with Crippen molar-refractivity contribution in [3.8, 4) is 0 Å². The van der Waals surface area contributed by atoms with Crippen LogP contribution in [0.2, 0.25) is 0 Å². The number of nitrogens with zero attached hydrogens (tertiary/aromatic N) is 2. The maximum atomic E-state index is 12.8. The molecule has 0 unspecified atom stereocenters. The summed E-state index contributed by atoms with van der Waals surface area (Å²) in [5, 5.41) is 3.47. The fraction of sp³-hybridized carbons (Fsp3) is 0.722. The normalized spacial score (nSPS) is 16.0. The Bertz CT molecular complexity index is 578. The van der Waals surface area contributed by atoms with E-state index in [-0.39, 0.29) is 24.4 Å². The van der Waals surface area contributed by atoms with Crippen molar-refractivity contribution in [2.24, 2.45) is 5.41 Å². The van der Waals surface area contributed by atoms with Crippen LogP contribution in [0.15, 0.2) is 0 Å². The maximum Gasteiger partial charge on any atom is 0.245 e. The molecule has 0 aromatic carbocycles. The lowest BCUT2D eigenvalue weighted by Crippen LogP contribution is -2.49. The Morgan fingerprint density at radius 2 is 1.83 bits per heavy atom. The molecule has 2 rings (SSSR count). The summed E-state index contributed by atoms with van der Waals surface area (Å²) >= 11 is 1.47. The van der Waals surface area contributed by atoms with Gasteiger partial charge in [-0.15, -0.1) is 11.3 Å². The highest BCUT2D eigenvalue weighted by atomic mass is 32.1. The molecular formula is C18H29N3O2S. The molecule has 1 aliphatic rings. The van der Waals surface area contributed by atoms with E-state index in [1.165, 1.54) is 17.8 Å². The van der Waals surface area contributed by atoms with Crippen LogP contribution in [0.4, 0.5) is 5.13 Å². The fourth-order valence-electron chi connectivity index (χ4n) is 3.03. The van der Waals surface area contributed by atoms with Gasteiger partial charge in [0.1, 0.15) is 6.54 Å². The van der Waals surface area contributed by atoms with Gasteiger partial charge in [0, 0.05) is 16.3 Å². The van der Waals surface area contributed by atoms with Crippen molar-refractivity contribution < 1.29 is 9.59 Å². The summed E-state index contributed by atoms with van der Waals surface area (Å²) in [6.45, 7) is 9.77. The molecule has 2 amide bonds. The van der Waals surface area contributed by atoms with E-state index in [0.29, 0.717) is 5.13 Å². The van der Waals surface area contributed by atoms with Crippen molar-refractivity contribution in [3.05, 3.63) is 10.6 Å².